The van der Waals surface area contributed by atoms with Crippen LogP contribution < -0.4 is 9.47 Å². The Kier molecular flexibility index (Phi) is 7.34. The van der Waals surface area contributed by atoms with Gasteiger partial charge in [-0.2, -0.15) is 0 Å². The Hall–Kier alpha value is -2.05. The molecule has 0 bridgehead atoms. The fraction of sp³-hybridized carbons (Fsp3) is 0.174. The molecule has 0 spiro atoms. The summed E-state index contributed by atoms with van der Waals surface area (Å²) in [5, 5.41) is 0.696. The topological polar surface area (TPSA) is 30.8 Å². The van der Waals surface area contributed by atoms with Crippen molar-refractivity contribution in [1.82, 2.24) is 0 Å². The molecule has 3 nitrogen and oxygen atoms in total. The molecule has 5 heteroatoms. The first-order chi connectivity index (χ1) is 13.6. The first-order valence-electron chi connectivity index (χ1n) is 8.97. The van der Waals surface area contributed by atoms with Gasteiger partial charge < -0.3 is 9.47 Å². The molecule has 0 atom stereocenters. The van der Waals surface area contributed by atoms with E-state index < -0.39 is 0 Å². The van der Waals surface area contributed by atoms with Crippen LogP contribution in [0.2, 0.25) is 5.02 Å². The Morgan fingerprint density at radius 1 is 1.04 bits per heavy atom. The van der Waals surface area contributed by atoms with Crippen molar-refractivity contribution in [1.29, 1.82) is 0 Å². The zero-order valence-corrected chi connectivity index (χ0v) is 18.7. The normalized spacial score (nSPS) is 11.0. The van der Waals surface area contributed by atoms with Crippen LogP contribution in [0.15, 0.2) is 65.7 Å². The van der Waals surface area contributed by atoms with Gasteiger partial charge in [-0.25, -0.2) is 0 Å². The number of hydrogen-bond acceptors (Lipinski definition) is 3. The molecule has 0 fully saturated rings. The molecule has 0 N–H and O–H groups in total. The van der Waals surface area contributed by atoms with Gasteiger partial charge in [0.05, 0.1) is 16.4 Å². The summed E-state index contributed by atoms with van der Waals surface area (Å²) in [4.78, 5) is 4.56. The van der Waals surface area contributed by atoms with E-state index in [1.54, 1.807) is 7.11 Å². The van der Waals surface area contributed by atoms with Crippen LogP contribution in [0.25, 0.3) is 0 Å². The number of ether oxygens (including phenoxy) is 2. The summed E-state index contributed by atoms with van der Waals surface area (Å²) in [6.07, 6.45) is 2.86. The highest BCUT2D eigenvalue weighted by atomic mass is 127. The van der Waals surface area contributed by atoms with E-state index in [9.17, 15) is 0 Å². The number of halogens is 2. The van der Waals surface area contributed by atoms with Gasteiger partial charge in [0.25, 0.3) is 0 Å². The number of hydrogen-bond donors (Lipinski definition) is 0. The zero-order valence-electron chi connectivity index (χ0n) is 15.8. The van der Waals surface area contributed by atoms with Crippen molar-refractivity contribution in [3.05, 3.63) is 85.9 Å². The third-order valence-corrected chi connectivity index (χ3v) is 5.27. The average Bonchev–Trinajstić information content (AvgIpc) is 2.71. The first kappa shape index (κ1) is 20.7. The smallest absolute Gasteiger partial charge is 0.174 e. The van der Waals surface area contributed by atoms with Crippen molar-refractivity contribution in [3.8, 4) is 11.5 Å². The van der Waals surface area contributed by atoms with Gasteiger partial charge >= 0.3 is 0 Å². The van der Waals surface area contributed by atoms with Crippen LogP contribution in [0.1, 0.15) is 23.6 Å². The summed E-state index contributed by atoms with van der Waals surface area (Å²) in [6.45, 7) is 2.56. The average molecular weight is 506 g/mol. The molecule has 3 aromatic carbocycles. The maximum absolute atomic E-state index is 6.04. The van der Waals surface area contributed by atoms with Crippen molar-refractivity contribution in [3.63, 3.8) is 0 Å². The number of methoxy groups -OCH3 is 1. The lowest BCUT2D eigenvalue weighted by molar-refractivity contribution is 0.282. The minimum Gasteiger partial charge on any atom is -0.493 e. The summed E-state index contributed by atoms with van der Waals surface area (Å²) in [5.74, 6) is 1.39. The Balaban J connectivity index is 1.77. The molecule has 0 aromatic heterocycles. The fourth-order valence-electron chi connectivity index (χ4n) is 2.70. The molecule has 0 aliphatic carbocycles. The first-order valence-corrected chi connectivity index (χ1v) is 10.4. The van der Waals surface area contributed by atoms with Crippen LogP contribution in [-0.2, 0) is 13.0 Å². The van der Waals surface area contributed by atoms with Gasteiger partial charge in [-0.15, -0.1) is 0 Å². The predicted octanol–water partition coefficient (Wildman–Crippen LogP) is 6.85. The molecule has 0 radical (unpaired) electrons. The second-order valence-electron chi connectivity index (χ2n) is 6.23. The summed E-state index contributed by atoms with van der Waals surface area (Å²) in [7, 11) is 1.64. The van der Waals surface area contributed by atoms with Crippen molar-refractivity contribution in [2.24, 2.45) is 4.99 Å². The van der Waals surface area contributed by atoms with Gasteiger partial charge in [0.15, 0.2) is 11.5 Å². The number of nitrogens with zero attached hydrogens (tertiary/aromatic N) is 1. The van der Waals surface area contributed by atoms with E-state index in [0.717, 1.165) is 26.8 Å². The molecule has 144 valence electrons. The molecule has 0 unspecified atom stereocenters. The van der Waals surface area contributed by atoms with Crippen molar-refractivity contribution >= 4 is 46.1 Å². The quantitative estimate of drug-likeness (QED) is 0.260. The summed E-state index contributed by atoms with van der Waals surface area (Å²) >= 11 is 8.30. The van der Waals surface area contributed by atoms with Crippen LogP contribution in [0.3, 0.4) is 0 Å². The van der Waals surface area contributed by atoms with E-state index in [0.29, 0.717) is 23.1 Å². The van der Waals surface area contributed by atoms with Crippen molar-refractivity contribution in [2.45, 2.75) is 20.0 Å². The lowest BCUT2D eigenvalue weighted by Crippen LogP contribution is -2.00. The van der Waals surface area contributed by atoms with E-state index in [1.165, 1.54) is 5.56 Å². The van der Waals surface area contributed by atoms with Crippen molar-refractivity contribution < 1.29 is 9.47 Å². The van der Waals surface area contributed by atoms with Crippen LogP contribution in [0.4, 0.5) is 5.69 Å². The van der Waals surface area contributed by atoms with Gasteiger partial charge in [0, 0.05) is 11.2 Å². The fourth-order valence-corrected chi connectivity index (χ4v) is 3.70. The predicted molar refractivity (Wildman–Crippen MR) is 125 cm³/mol. The van der Waals surface area contributed by atoms with Gasteiger partial charge in [-0.05, 0) is 82.1 Å². The highest BCUT2D eigenvalue weighted by Crippen LogP contribution is 2.34. The highest BCUT2D eigenvalue weighted by molar-refractivity contribution is 14.1. The molecule has 28 heavy (non-hydrogen) atoms. The Bertz CT molecular complexity index is 971. The van der Waals surface area contributed by atoms with E-state index >= 15 is 0 Å². The Morgan fingerprint density at radius 3 is 2.50 bits per heavy atom. The third-order valence-electron chi connectivity index (χ3n) is 4.23. The SMILES string of the molecule is CCc1ccc(N=Cc2cc(I)c(OCc3cccc(Cl)c3)c(OC)c2)cc1. The molecule has 3 aromatic rings. The molecule has 0 aliphatic rings. The third kappa shape index (κ3) is 5.49. The second-order valence-corrected chi connectivity index (χ2v) is 7.83. The molecule has 0 saturated heterocycles. The maximum atomic E-state index is 6.04. The molecule has 3 rings (SSSR count). The number of aliphatic imine (C=N–C) groups is 1. The number of rotatable bonds is 7. The Morgan fingerprint density at radius 2 is 1.82 bits per heavy atom. The van der Waals surface area contributed by atoms with E-state index in [1.807, 2.05) is 54.7 Å². The zero-order chi connectivity index (χ0) is 19.9. The van der Waals surface area contributed by atoms with Crippen LogP contribution in [0, 0.1) is 3.57 Å². The van der Waals surface area contributed by atoms with Crippen LogP contribution in [0.5, 0.6) is 11.5 Å². The highest BCUT2D eigenvalue weighted by Gasteiger charge is 2.11. The van der Waals surface area contributed by atoms with Gasteiger partial charge in [0.1, 0.15) is 6.61 Å². The van der Waals surface area contributed by atoms with Gasteiger partial charge in [0.2, 0.25) is 0 Å². The molecular formula is C23H21ClINO2. The van der Waals surface area contributed by atoms with Gasteiger partial charge in [-0.1, -0.05) is 42.8 Å². The number of benzene rings is 3. The van der Waals surface area contributed by atoms with Crippen LogP contribution in [-0.4, -0.2) is 13.3 Å². The molecule has 0 amide bonds. The largest absolute Gasteiger partial charge is 0.493 e. The molecular weight excluding hydrogens is 485 g/mol. The molecule has 0 aliphatic heterocycles. The molecule has 0 saturated carbocycles. The summed E-state index contributed by atoms with van der Waals surface area (Å²) in [5.41, 5.74) is 4.19. The van der Waals surface area contributed by atoms with Gasteiger partial charge in [-0.3, -0.25) is 4.99 Å². The summed E-state index contributed by atoms with van der Waals surface area (Å²) < 4.78 is 12.5. The molecule has 0 heterocycles. The minimum atomic E-state index is 0.421. The van der Waals surface area contributed by atoms with Crippen molar-refractivity contribution in [2.75, 3.05) is 7.11 Å². The lowest BCUT2D eigenvalue weighted by atomic mass is 10.1. The monoisotopic (exact) mass is 505 g/mol. The Labute approximate surface area is 184 Å². The number of aryl methyl sites for hydroxylation is 1. The van der Waals surface area contributed by atoms with Crippen LogP contribution >= 0.6 is 34.2 Å². The standard InChI is InChI=1S/C23H21ClINO2/c1-3-16-7-9-20(10-8-16)26-14-18-12-21(25)23(22(13-18)27-2)28-15-17-5-4-6-19(24)11-17/h4-14H,3,15H2,1-2H3. The lowest BCUT2D eigenvalue weighted by Gasteiger charge is -2.13. The summed E-state index contributed by atoms with van der Waals surface area (Å²) in [6, 6.07) is 19.9. The van der Waals surface area contributed by atoms with E-state index in [-0.39, 0.29) is 0 Å². The maximum Gasteiger partial charge on any atom is 0.174 e. The minimum absolute atomic E-state index is 0.421. The second kappa shape index (κ2) is 9.94. The van der Waals surface area contributed by atoms with E-state index in [4.69, 9.17) is 21.1 Å². The van der Waals surface area contributed by atoms with E-state index in [2.05, 4.69) is 46.6 Å².